The zero-order chi connectivity index (χ0) is 13.5. The molecule has 1 saturated carbocycles. The van der Waals surface area contributed by atoms with E-state index in [0.29, 0.717) is 25.6 Å². The first-order valence-corrected chi connectivity index (χ1v) is 7.02. The third-order valence-electron chi connectivity index (χ3n) is 3.94. The lowest BCUT2D eigenvalue weighted by Gasteiger charge is -2.34. The monoisotopic (exact) mass is 251 g/mol. The van der Waals surface area contributed by atoms with Crippen LogP contribution in [0.2, 0.25) is 0 Å². The Morgan fingerprint density at radius 3 is 2.72 bits per heavy atom. The molecule has 0 heterocycles. The number of nitriles is 1. The summed E-state index contributed by atoms with van der Waals surface area (Å²) in [5.41, 5.74) is 5.78. The van der Waals surface area contributed by atoms with E-state index in [0.717, 1.165) is 19.3 Å². The highest BCUT2D eigenvalue weighted by Crippen LogP contribution is 2.30. The fourth-order valence-corrected chi connectivity index (χ4v) is 2.80. The van der Waals surface area contributed by atoms with Crippen molar-refractivity contribution in [2.45, 2.75) is 39.5 Å². The van der Waals surface area contributed by atoms with Crippen LogP contribution in [0.1, 0.15) is 39.5 Å². The van der Waals surface area contributed by atoms with Crippen LogP contribution in [0.25, 0.3) is 0 Å². The van der Waals surface area contributed by atoms with E-state index in [9.17, 15) is 4.79 Å². The van der Waals surface area contributed by atoms with Crippen molar-refractivity contribution in [3.8, 4) is 6.07 Å². The molecule has 102 valence electrons. The summed E-state index contributed by atoms with van der Waals surface area (Å²) < 4.78 is 0. The third kappa shape index (κ3) is 3.71. The van der Waals surface area contributed by atoms with Crippen molar-refractivity contribution in [2.24, 2.45) is 23.5 Å². The fourth-order valence-electron chi connectivity index (χ4n) is 2.80. The summed E-state index contributed by atoms with van der Waals surface area (Å²) in [6, 6.07) is 2.19. The van der Waals surface area contributed by atoms with Crippen molar-refractivity contribution in [1.82, 2.24) is 4.90 Å². The van der Waals surface area contributed by atoms with Gasteiger partial charge in [0.2, 0.25) is 5.91 Å². The molecule has 0 spiro atoms. The van der Waals surface area contributed by atoms with Gasteiger partial charge in [-0.3, -0.25) is 4.79 Å². The molecule has 0 bridgehead atoms. The zero-order valence-corrected chi connectivity index (χ0v) is 11.6. The molecule has 18 heavy (non-hydrogen) atoms. The van der Waals surface area contributed by atoms with Crippen LogP contribution in [-0.4, -0.2) is 30.4 Å². The second-order valence-corrected chi connectivity index (χ2v) is 5.29. The van der Waals surface area contributed by atoms with Crippen molar-refractivity contribution in [2.75, 3.05) is 19.6 Å². The molecule has 0 aliphatic heterocycles. The molecule has 3 atom stereocenters. The minimum Gasteiger partial charge on any atom is -0.341 e. The molecule has 3 unspecified atom stereocenters. The zero-order valence-electron chi connectivity index (χ0n) is 11.6. The molecule has 0 aromatic rings. The minimum absolute atomic E-state index is 0.0783. The molecular formula is C14H25N3O. The third-order valence-corrected chi connectivity index (χ3v) is 3.94. The van der Waals surface area contributed by atoms with Gasteiger partial charge < -0.3 is 10.6 Å². The standard InChI is InChI=1S/C14H25N3O/c1-3-17(10-11(2)8-15)14(18)13-7-5-4-6-12(13)9-16/h11-13H,3-7,9-10,16H2,1-2H3. The molecule has 0 radical (unpaired) electrons. The summed E-state index contributed by atoms with van der Waals surface area (Å²) in [6.45, 7) is 5.65. The quantitative estimate of drug-likeness (QED) is 0.809. The van der Waals surface area contributed by atoms with E-state index in [1.54, 1.807) is 0 Å². The largest absolute Gasteiger partial charge is 0.341 e. The Hall–Kier alpha value is -1.08. The van der Waals surface area contributed by atoms with Crippen LogP contribution >= 0.6 is 0 Å². The average molecular weight is 251 g/mol. The molecule has 4 nitrogen and oxygen atoms in total. The highest BCUT2D eigenvalue weighted by atomic mass is 16.2. The number of nitrogens with zero attached hydrogens (tertiary/aromatic N) is 2. The van der Waals surface area contributed by atoms with Gasteiger partial charge in [0, 0.05) is 19.0 Å². The number of nitrogens with two attached hydrogens (primary N) is 1. The van der Waals surface area contributed by atoms with Crippen molar-refractivity contribution in [3.63, 3.8) is 0 Å². The van der Waals surface area contributed by atoms with Gasteiger partial charge in [0.1, 0.15) is 0 Å². The molecule has 2 N–H and O–H groups in total. The fraction of sp³-hybridized carbons (Fsp3) is 0.857. The lowest BCUT2D eigenvalue weighted by atomic mass is 9.78. The first-order chi connectivity index (χ1) is 8.63. The van der Waals surface area contributed by atoms with Gasteiger partial charge in [0.25, 0.3) is 0 Å². The molecule has 1 amide bonds. The van der Waals surface area contributed by atoms with Crippen LogP contribution in [0.4, 0.5) is 0 Å². The summed E-state index contributed by atoms with van der Waals surface area (Å²) in [5, 5.41) is 8.86. The van der Waals surface area contributed by atoms with E-state index in [2.05, 4.69) is 6.07 Å². The predicted octanol–water partition coefficient (Wildman–Crippen LogP) is 1.76. The highest BCUT2D eigenvalue weighted by molar-refractivity contribution is 5.79. The van der Waals surface area contributed by atoms with Gasteiger partial charge in [-0.2, -0.15) is 5.26 Å². The summed E-state index contributed by atoms with van der Waals surface area (Å²) >= 11 is 0. The first-order valence-electron chi connectivity index (χ1n) is 7.02. The normalized spacial score (nSPS) is 25.2. The van der Waals surface area contributed by atoms with Crippen molar-refractivity contribution in [1.29, 1.82) is 5.26 Å². The molecule has 0 aromatic heterocycles. The van der Waals surface area contributed by atoms with E-state index >= 15 is 0 Å². The summed E-state index contributed by atoms with van der Waals surface area (Å²) in [5.74, 6) is 0.510. The second kappa shape index (κ2) is 7.38. The molecule has 0 aromatic carbocycles. The first kappa shape index (κ1) is 15.0. The Morgan fingerprint density at radius 1 is 1.50 bits per heavy atom. The minimum atomic E-state index is -0.103. The van der Waals surface area contributed by atoms with Gasteiger partial charge in [0.15, 0.2) is 0 Å². The molecule has 1 fully saturated rings. The van der Waals surface area contributed by atoms with Gasteiger partial charge in [-0.15, -0.1) is 0 Å². The highest BCUT2D eigenvalue weighted by Gasteiger charge is 2.32. The number of hydrogen-bond donors (Lipinski definition) is 1. The lowest BCUT2D eigenvalue weighted by Crippen LogP contribution is -2.43. The average Bonchev–Trinajstić information content (AvgIpc) is 2.43. The summed E-state index contributed by atoms with van der Waals surface area (Å²) in [4.78, 5) is 14.3. The number of amides is 1. The molecule has 1 aliphatic carbocycles. The molecule has 1 aliphatic rings. The maximum atomic E-state index is 12.5. The topological polar surface area (TPSA) is 70.1 Å². The van der Waals surface area contributed by atoms with Crippen LogP contribution < -0.4 is 5.73 Å². The number of carbonyl (C=O) groups is 1. The second-order valence-electron chi connectivity index (χ2n) is 5.29. The van der Waals surface area contributed by atoms with E-state index < -0.39 is 0 Å². The Bertz CT molecular complexity index is 311. The van der Waals surface area contributed by atoms with Crippen LogP contribution in [-0.2, 0) is 4.79 Å². The Kier molecular flexibility index (Phi) is 6.14. The van der Waals surface area contributed by atoms with Crippen molar-refractivity contribution >= 4 is 5.91 Å². The van der Waals surface area contributed by atoms with Gasteiger partial charge in [-0.05, 0) is 39.2 Å². The molecule has 4 heteroatoms. The number of carbonyl (C=O) groups excluding carboxylic acids is 1. The van der Waals surface area contributed by atoms with Gasteiger partial charge in [-0.1, -0.05) is 12.8 Å². The van der Waals surface area contributed by atoms with Crippen LogP contribution in [0, 0.1) is 29.1 Å². The van der Waals surface area contributed by atoms with Gasteiger partial charge in [-0.25, -0.2) is 0 Å². The number of rotatable bonds is 5. The smallest absolute Gasteiger partial charge is 0.226 e. The van der Waals surface area contributed by atoms with Crippen LogP contribution in [0.3, 0.4) is 0 Å². The molecule has 1 rings (SSSR count). The summed E-state index contributed by atoms with van der Waals surface area (Å²) in [7, 11) is 0. The lowest BCUT2D eigenvalue weighted by molar-refractivity contribution is -0.138. The Labute approximate surface area is 110 Å². The van der Waals surface area contributed by atoms with E-state index in [4.69, 9.17) is 11.0 Å². The Balaban J connectivity index is 2.67. The van der Waals surface area contributed by atoms with Gasteiger partial charge >= 0.3 is 0 Å². The maximum absolute atomic E-state index is 12.5. The van der Waals surface area contributed by atoms with E-state index in [-0.39, 0.29) is 17.7 Å². The van der Waals surface area contributed by atoms with E-state index in [1.807, 2.05) is 18.7 Å². The van der Waals surface area contributed by atoms with Crippen molar-refractivity contribution < 1.29 is 4.79 Å². The van der Waals surface area contributed by atoms with Crippen LogP contribution in [0.5, 0.6) is 0 Å². The summed E-state index contributed by atoms with van der Waals surface area (Å²) in [6.07, 6.45) is 4.33. The van der Waals surface area contributed by atoms with Crippen LogP contribution in [0.15, 0.2) is 0 Å². The van der Waals surface area contributed by atoms with Gasteiger partial charge in [0.05, 0.1) is 12.0 Å². The van der Waals surface area contributed by atoms with Crippen molar-refractivity contribution in [3.05, 3.63) is 0 Å². The number of hydrogen-bond acceptors (Lipinski definition) is 3. The predicted molar refractivity (Wildman–Crippen MR) is 71.5 cm³/mol. The van der Waals surface area contributed by atoms with E-state index in [1.165, 1.54) is 6.42 Å². The SMILES string of the molecule is CCN(CC(C)C#N)C(=O)C1CCCCC1CN. The maximum Gasteiger partial charge on any atom is 0.226 e. The Morgan fingerprint density at radius 2 is 2.17 bits per heavy atom. The molecule has 0 saturated heterocycles. The molecular weight excluding hydrogens is 226 g/mol.